The molecule has 6 heteroatoms. The van der Waals surface area contributed by atoms with Crippen molar-refractivity contribution in [3.63, 3.8) is 0 Å². The number of ether oxygens (including phenoxy) is 1. The number of rotatable bonds is 9. The van der Waals surface area contributed by atoms with Gasteiger partial charge < -0.3 is 9.30 Å². The quantitative estimate of drug-likeness (QED) is 0.496. The maximum atomic E-state index is 12.5. The first-order valence-electron chi connectivity index (χ1n) is 9.55. The van der Waals surface area contributed by atoms with E-state index in [1.165, 1.54) is 0 Å². The van der Waals surface area contributed by atoms with Crippen molar-refractivity contribution in [3.8, 4) is 0 Å². The second-order valence-corrected chi connectivity index (χ2v) is 7.60. The number of hydrogen-bond donors (Lipinski definition) is 0. The van der Waals surface area contributed by atoms with Crippen molar-refractivity contribution in [2.24, 2.45) is 5.92 Å². The molecule has 0 bridgehead atoms. The van der Waals surface area contributed by atoms with Crippen LogP contribution in [-0.2, 0) is 22.6 Å². The van der Waals surface area contributed by atoms with Gasteiger partial charge >= 0.3 is 5.97 Å². The Hall–Kier alpha value is -2.37. The van der Waals surface area contributed by atoms with E-state index in [0.717, 1.165) is 35.7 Å². The second-order valence-electron chi connectivity index (χ2n) is 7.60. The van der Waals surface area contributed by atoms with E-state index in [-0.39, 0.29) is 24.8 Å². The third-order valence-corrected chi connectivity index (χ3v) is 4.80. The van der Waals surface area contributed by atoms with Crippen molar-refractivity contribution in [3.05, 3.63) is 40.5 Å². The second kappa shape index (κ2) is 9.02. The molecule has 0 aromatic carbocycles. The predicted molar refractivity (Wildman–Crippen MR) is 105 cm³/mol. The van der Waals surface area contributed by atoms with Crippen molar-refractivity contribution >= 4 is 11.8 Å². The van der Waals surface area contributed by atoms with Crippen molar-refractivity contribution in [1.29, 1.82) is 0 Å². The van der Waals surface area contributed by atoms with E-state index < -0.39 is 0 Å². The number of aryl methyl sites for hydroxylation is 4. The molecule has 27 heavy (non-hydrogen) atoms. The van der Waals surface area contributed by atoms with Crippen LogP contribution in [0, 0.1) is 33.6 Å². The van der Waals surface area contributed by atoms with Gasteiger partial charge in [-0.25, -0.2) is 0 Å². The van der Waals surface area contributed by atoms with Crippen LogP contribution in [0.15, 0.2) is 12.1 Å². The van der Waals surface area contributed by atoms with E-state index in [0.29, 0.717) is 18.0 Å². The zero-order valence-corrected chi connectivity index (χ0v) is 17.3. The zero-order valence-electron chi connectivity index (χ0n) is 17.3. The highest BCUT2D eigenvalue weighted by Gasteiger charge is 2.17. The van der Waals surface area contributed by atoms with Crippen LogP contribution >= 0.6 is 0 Å². The van der Waals surface area contributed by atoms with Crippen molar-refractivity contribution in [1.82, 2.24) is 14.3 Å². The van der Waals surface area contributed by atoms with Crippen LogP contribution in [0.3, 0.4) is 0 Å². The van der Waals surface area contributed by atoms with Crippen molar-refractivity contribution in [2.75, 3.05) is 6.61 Å². The normalized spacial score (nSPS) is 11.2. The van der Waals surface area contributed by atoms with Gasteiger partial charge in [-0.1, -0.05) is 13.8 Å². The summed E-state index contributed by atoms with van der Waals surface area (Å²) in [7, 11) is 0. The first-order valence-corrected chi connectivity index (χ1v) is 9.55. The number of aromatic nitrogens is 3. The molecule has 2 heterocycles. The van der Waals surface area contributed by atoms with E-state index in [1.54, 1.807) is 4.68 Å². The van der Waals surface area contributed by atoms with Crippen LogP contribution in [0.2, 0.25) is 0 Å². The number of Topliss-reactive ketones (excluding diaryl/α,β-unsaturated/α-hetero) is 1. The minimum Gasteiger partial charge on any atom is -0.457 e. The maximum absolute atomic E-state index is 12.5. The fourth-order valence-corrected chi connectivity index (χ4v) is 3.21. The lowest BCUT2D eigenvalue weighted by Gasteiger charge is -2.11. The Morgan fingerprint density at radius 1 is 1.07 bits per heavy atom. The van der Waals surface area contributed by atoms with Gasteiger partial charge in [0.05, 0.1) is 18.7 Å². The van der Waals surface area contributed by atoms with E-state index in [4.69, 9.17) is 4.74 Å². The molecule has 0 unspecified atom stereocenters. The lowest BCUT2D eigenvalue weighted by molar-refractivity contribution is -0.142. The number of hydrogen-bond acceptors (Lipinski definition) is 4. The van der Waals surface area contributed by atoms with Gasteiger partial charge in [0.15, 0.2) is 6.61 Å². The molecule has 0 aliphatic carbocycles. The standard InChI is InChI=1S/C21H31N3O3/c1-14(2)7-9-23-16(4)12-19(18(23)6)20(25)13-27-21(26)8-10-24-17(5)11-15(3)22-24/h11-12,14H,7-10,13H2,1-6H3. The Kier molecular flexibility index (Phi) is 6.99. The molecule has 0 atom stereocenters. The van der Waals surface area contributed by atoms with Crippen molar-refractivity contribution < 1.29 is 14.3 Å². The Labute approximate surface area is 161 Å². The van der Waals surface area contributed by atoms with Crippen LogP contribution in [0.5, 0.6) is 0 Å². The minimum atomic E-state index is -0.385. The summed E-state index contributed by atoms with van der Waals surface area (Å²) in [5, 5.41) is 4.32. The van der Waals surface area contributed by atoms with Gasteiger partial charge in [-0.05, 0) is 52.2 Å². The molecule has 2 aromatic heterocycles. The molecule has 0 saturated carbocycles. The third kappa shape index (κ3) is 5.55. The molecule has 0 N–H and O–H groups in total. The van der Waals surface area contributed by atoms with E-state index in [2.05, 4.69) is 23.5 Å². The predicted octanol–water partition coefficient (Wildman–Crippen LogP) is 3.78. The fraction of sp³-hybridized carbons (Fsp3) is 0.571. The maximum Gasteiger partial charge on any atom is 0.308 e. The molecule has 0 spiro atoms. The Morgan fingerprint density at radius 2 is 1.78 bits per heavy atom. The van der Waals surface area contributed by atoms with Gasteiger partial charge in [0.2, 0.25) is 5.78 Å². The number of carbonyl (C=O) groups is 2. The van der Waals surface area contributed by atoms with Gasteiger partial charge in [-0.3, -0.25) is 14.3 Å². The molecular weight excluding hydrogens is 342 g/mol. The fourth-order valence-electron chi connectivity index (χ4n) is 3.21. The van der Waals surface area contributed by atoms with E-state index in [1.807, 2.05) is 39.8 Å². The SMILES string of the molecule is Cc1cc(C)n(CCC(=O)OCC(=O)c2cc(C)n(CCC(C)C)c2C)n1. The molecule has 6 nitrogen and oxygen atoms in total. The highest BCUT2D eigenvalue weighted by molar-refractivity contribution is 5.99. The summed E-state index contributed by atoms with van der Waals surface area (Å²) in [6, 6.07) is 3.85. The molecule has 0 fully saturated rings. The van der Waals surface area contributed by atoms with Crippen molar-refractivity contribution in [2.45, 2.75) is 67.5 Å². The lowest BCUT2D eigenvalue weighted by atomic mass is 10.1. The highest BCUT2D eigenvalue weighted by atomic mass is 16.5. The number of esters is 1. The molecule has 0 aliphatic rings. The van der Waals surface area contributed by atoms with E-state index >= 15 is 0 Å². The Balaban J connectivity index is 1.88. The van der Waals surface area contributed by atoms with Crippen LogP contribution in [0.25, 0.3) is 0 Å². The van der Waals surface area contributed by atoms with Crippen LogP contribution < -0.4 is 0 Å². The largest absolute Gasteiger partial charge is 0.457 e. The van der Waals surface area contributed by atoms with Crippen LogP contribution in [0.1, 0.15) is 59.8 Å². The minimum absolute atomic E-state index is 0.154. The van der Waals surface area contributed by atoms with Gasteiger partial charge in [-0.15, -0.1) is 0 Å². The van der Waals surface area contributed by atoms with E-state index in [9.17, 15) is 9.59 Å². The molecule has 0 amide bonds. The Morgan fingerprint density at radius 3 is 2.37 bits per heavy atom. The van der Waals surface area contributed by atoms with Crippen LogP contribution in [-0.4, -0.2) is 32.7 Å². The summed E-state index contributed by atoms with van der Waals surface area (Å²) in [5.74, 6) is 0.0661. The first kappa shape index (κ1) is 20.9. The van der Waals surface area contributed by atoms with Crippen LogP contribution in [0.4, 0.5) is 0 Å². The smallest absolute Gasteiger partial charge is 0.308 e. The number of ketones is 1. The molecule has 0 saturated heterocycles. The summed E-state index contributed by atoms with van der Waals surface area (Å²) in [6.07, 6.45) is 1.26. The average Bonchev–Trinajstić information content (AvgIpc) is 3.06. The molecule has 2 rings (SSSR count). The number of nitrogens with zero attached hydrogens (tertiary/aromatic N) is 3. The first-order chi connectivity index (χ1) is 12.7. The lowest BCUT2D eigenvalue weighted by Crippen LogP contribution is -2.17. The zero-order chi connectivity index (χ0) is 20.1. The number of carbonyl (C=O) groups excluding carboxylic acids is 2. The highest BCUT2D eigenvalue weighted by Crippen LogP contribution is 2.18. The summed E-state index contributed by atoms with van der Waals surface area (Å²) in [6.45, 7) is 13.3. The van der Waals surface area contributed by atoms with Gasteiger partial charge in [-0.2, -0.15) is 5.10 Å². The molecule has 0 radical (unpaired) electrons. The van der Waals surface area contributed by atoms with Gasteiger partial charge in [0.25, 0.3) is 0 Å². The average molecular weight is 373 g/mol. The molecule has 0 aliphatic heterocycles. The molecule has 148 valence electrons. The summed E-state index contributed by atoms with van der Waals surface area (Å²) in [5.41, 5.74) is 4.57. The molecule has 2 aromatic rings. The molecular formula is C21H31N3O3. The monoisotopic (exact) mass is 373 g/mol. The summed E-state index contributed by atoms with van der Waals surface area (Å²) >= 11 is 0. The Bertz CT molecular complexity index is 815. The topological polar surface area (TPSA) is 66.1 Å². The summed E-state index contributed by atoms with van der Waals surface area (Å²) in [4.78, 5) is 24.5. The third-order valence-electron chi connectivity index (χ3n) is 4.80. The van der Waals surface area contributed by atoms with Gasteiger partial charge in [0.1, 0.15) is 0 Å². The van der Waals surface area contributed by atoms with Gasteiger partial charge in [0, 0.05) is 29.2 Å². The summed E-state index contributed by atoms with van der Waals surface area (Å²) < 4.78 is 9.13.